The summed E-state index contributed by atoms with van der Waals surface area (Å²) >= 11 is 0. The van der Waals surface area contributed by atoms with Crippen LogP contribution in [-0.4, -0.2) is 24.8 Å². The van der Waals surface area contributed by atoms with Crippen molar-refractivity contribution in [2.75, 3.05) is 0 Å². The van der Waals surface area contributed by atoms with Crippen LogP contribution in [0, 0.1) is 0 Å². The molecule has 23 heavy (non-hydrogen) atoms. The predicted molar refractivity (Wildman–Crippen MR) is 69.4 cm³/mol. The summed E-state index contributed by atoms with van der Waals surface area (Å²) in [5.74, 6) is 0. The highest BCUT2D eigenvalue weighted by Gasteiger charge is 2.46. The van der Waals surface area contributed by atoms with Crippen LogP contribution in [0.4, 0.5) is 26.5 Å². The minimum Gasteiger partial charge on any atom is -0.265 e. The van der Waals surface area contributed by atoms with Gasteiger partial charge in [-0.05, 0) is 29.5 Å². The SMILES string of the molecule is O=S(=O)(OF)C(F)(F)CCCCCC(F)(F)F.c1ccncc1. The largest absolute Gasteiger partial charge is 0.389 e. The maximum Gasteiger partial charge on any atom is 0.389 e. The number of unbranched alkanes of at least 4 members (excludes halogenated alkanes) is 2. The van der Waals surface area contributed by atoms with Gasteiger partial charge in [-0.25, -0.2) is 0 Å². The molecule has 1 heterocycles. The molecule has 0 aromatic carbocycles. The van der Waals surface area contributed by atoms with E-state index in [9.17, 15) is 34.9 Å². The highest BCUT2D eigenvalue weighted by atomic mass is 32.2. The normalized spacial score (nSPS) is 12.4. The first kappa shape index (κ1) is 21.6. The van der Waals surface area contributed by atoms with Gasteiger partial charge in [0, 0.05) is 25.2 Å². The van der Waals surface area contributed by atoms with E-state index in [2.05, 4.69) is 9.37 Å². The number of hydrogen-bond donors (Lipinski definition) is 0. The zero-order valence-corrected chi connectivity index (χ0v) is 12.6. The Labute approximate surface area is 129 Å². The summed E-state index contributed by atoms with van der Waals surface area (Å²) in [6.45, 7) is 0. The average molecular weight is 367 g/mol. The number of nitrogens with zero attached hydrogens (tertiary/aromatic N) is 1. The number of pyridine rings is 1. The van der Waals surface area contributed by atoms with Gasteiger partial charge in [-0.15, -0.1) is 0 Å². The lowest BCUT2D eigenvalue weighted by molar-refractivity contribution is -0.135. The molecule has 0 spiro atoms. The summed E-state index contributed by atoms with van der Waals surface area (Å²) < 4.78 is 94.4. The van der Waals surface area contributed by atoms with Gasteiger partial charge in [0.25, 0.3) is 0 Å². The Morgan fingerprint density at radius 1 is 0.870 bits per heavy atom. The smallest absolute Gasteiger partial charge is 0.265 e. The molecule has 1 aromatic rings. The molecule has 0 radical (unpaired) electrons. The Morgan fingerprint density at radius 3 is 1.74 bits per heavy atom. The number of rotatable bonds is 7. The van der Waals surface area contributed by atoms with Crippen LogP contribution in [0.3, 0.4) is 0 Å². The highest BCUT2D eigenvalue weighted by molar-refractivity contribution is 7.87. The van der Waals surface area contributed by atoms with Crippen molar-refractivity contribution >= 4 is 10.1 Å². The molecule has 0 unspecified atom stereocenters. The Hall–Kier alpha value is -1.36. The molecule has 134 valence electrons. The summed E-state index contributed by atoms with van der Waals surface area (Å²) in [5, 5.41) is -4.43. The molecule has 0 saturated carbocycles. The highest BCUT2D eigenvalue weighted by Crippen LogP contribution is 2.30. The zero-order valence-electron chi connectivity index (χ0n) is 11.8. The van der Waals surface area contributed by atoms with Crippen molar-refractivity contribution in [2.45, 2.75) is 43.5 Å². The van der Waals surface area contributed by atoms with E-state index in [1.165, 1.54) is 0 Å². The van der Waals surface area contributed by atoms with Crippen molar-refractivity contribution in [3.63, 3.8) is 0 Å². The molecule has 11 heteroatoms. The van der Waals surface area contributed by atoms with Crippen LogP contribution in [0.25, 0.3) is 0 Å². The molecule has 0 aliphatic rings. The molecule has 0 amide bonds. The van der Waals surface area contributed by atoms with Crippen molar-refractivity contribution in [1.29, 1.82) is 0 Å². The van der Waals surface area contributed by atoms with Crippen LogP contribution < -0.4 is 0 Å². The van der Waals surface area contributed by atoms with Gasteiger partial charge in [0.15, 0.2) is 0 Å². The van der Waals surface area contributed by atoms with Gasteiger partial charge < -0.3 is 0 Å². The van der Waals surface area contributed by atoms with Gasteiger partial charge in [-0.1, -0.05) is 16.9 Å². The van der Waals surface area contributed by atoms with Gasteiger partial charge in [0.05, 0.1) is 0 Å². The molecule has 0 fully saturated rings. The Morgan fingerprint density at radius 2 is 1.39 bits per heavy atom. The second-order valence-corrected chi connectivity index (χ2v) is 5.99. The molecular formula is C12H15F6NO3S. The van der Waals surface area contributed by atoms with Gasteiger partial charge >= 0.3 is 21.5 Å². The summed E-state index contributed by atoms with van der Waals surface area (Å²) in [6.07, 6.45) is -4.41. The van der Waals surface area contributed by atoms with Crippen molar-refractivity contribution in [2.24, 2.45) is 0 Å². The zero-order chi connectivity index (χ0) is 18.0. The number of hydrogen-bond acceptors (Lipinski definition) is 4. The maximum atomic E-state index is 12.7. The first-order chi connectivity index (χ1) is 10.5. The van der Waals surface area contributed by atoms with Crippen LogP contribution in [0.2, 0.25) is 0 Å². The lowest BCUT2D eigenvalue weighted by Gasteiger charge is -2.13. The van der Waals surface area contributed by atoms with Gasteiger partial charge in [-0.3, -0.25) is 4.98 Å². The van der Waals surface area contributed by atoms with Gasteiger partial charge in [0.1, 0.15) is 0 Å². The van der Waals surface area contributed by atoms with E-state index in [0.717, 1.165) is 0 Å². The maximum absolute atomic E-state index is 12.7. The van der Waals surface area contributed by atoms with Crippen LogP contribution in [0.5, 0.6) is 0 Å². The van der Waals surface area contributed by atoms with Gasteiger partial charge in [0.2, 0.25) is 0 Å². The van der Waals surface area contributed by atoms with Crippen molar-refractivity contribution in [3.05, 3.63) is 30.6 Å². The predicted octanol–water partition coefficient (Wildman–Crippen LogP) is 4.40. The molecule has 0 bridgehead atoms. The number of aromatic nitrogens is 1. The van der Waals surface area contributed by atoms with Gasteiger partial charge in [-0.2, -0.15) is 30.4 Å². The summed E-state index contributed by atoms with van der Waals surface area (Å²) in [7, 11) is -5.64. The molecular weight excluding hydrogens is 352 g/mol. The molecule has 0 N–H and O–H groups in total. The van der Waals surface area contributed by atoms with E-state index in [4.69, 9.17) is 0 Å². The number of halogens is 6. The van der Waals surface area contributed by atoms with Crippen molar-refractivity contribution < 1.29 is 39.3 Å². The third-order valence-electron chi connectivity index (χ3n) is 2.44. The fourth-order valence-electron chi connectivity index (χ4n) is 1.32. The third kappa shape index (κ3) is 10.1. The van der Waals surface area contributed by atoms with E-state index in [1.54, 1.807) is 12.4 Å². The third-order valence-corrected chi connectivity index (χ3v) is 3.54. The first-order valence-corrected chi connectivity index (χ1v) is 7.77. The van der Waals surface area contributed by atoms with Crippen LogP contribution in [-0.2, 0) is 14.5 Å². The lowest BCUT2D eigenvalue weighted by atomic mass is 10.1. The minimum atomic E-state index is -5.64. The molecule has 4 nitrogen and oxygen atoms in total. The second kappa shape index (κ2) is 9.71. The average Bonchev–Trinajstić information content (AvgIpc) is 2.48. The number of alkyl halides is 5. The fraction of sp³-hybridized carbons (Fsp3) is 0.583. The van der Waals surface area contributed by atoms with E-state index < -0.39 is 47.2 Å². The Bertz CT molecular complexity index is 495. The topological polar surface area (TPSA) is 56.3 Å². The molecule has 1 rings (SSSR count). The van der Waals surface area contributed by atoms with Crippen LogP contribution >= 0.6 is 0 Å². The summed E-state index contributed by atoms with van der Waals surface area (Å²) in [4.78, 5) is 3.78. The summed E-state index contributed by atoms with van der Waals surface area (Å²) in [5.41, 5.74) is 0. The van der Waals surface area contributed by atoms with E-state index in [1.807, 2.05) is 18.2 Å². The first-order valence-electron chi connectivity index (χ1n) is 6.36. The van der Waals surface area contributed by atoms with Crippen LogP contribution in [0.1, 0.15) is 32.1 Å². The fourth-order valence-corrected chi connectivity index (χ4v) is 1.80. The Balaban J connectivity index is 0.000000664. The van der Waals surface area contributed by atoms with E-state index >= 15 is 0 Å². The van der Waals surface area contributed by atoms with E-state index in [0.29, 0.717) is 0 Å². The Kier molecular flexibility index (Phi) is 9.13. The quantitative estimate of drug-likeness (QED) is 0.529. The second-order valence-electron chi connectivity index (χ2n) is 4.35. The van der Waals surface area contributed by atoms with Crippen molar-refractivity contribution in [3.8, 4) is 0 Å². The molecule has 0 atom stereocenters. The molecule has 1 aromatic heterocycles. The molecule has 0 aliphatic heterocycles. The lowest BCUT2D eigenvalue weighted by Crippen LogP contribution is -2.28. The van der Waals surface area contributed by atoms with E-state index in [-0.39, 0.29) is 6.42 Å². The standard InChI is InChI=1S/C7H10F6O3S.C5H5N/c8-6(9,10)4-2-1-3-5-7(11,12)17(14,15)16-13;1-2-4-6-5-3-1/h1-5H2;1-5H. The molecule has 0 aliphatic carbocycles. The monoisotopic (exact) mass is 367 g/mol. The minimum absolute atomic E-state index is 0.239. The molecule has 0 saturated heterocycles. The van der Waals surface area contributed by atoms with Crippen molar-refractivity contribution in [1.82, 2.24) is 4.98 Å². The van der Waals surface area contributed by atoms with Crippen LogP contribution in [0.15, 0.2) is 30.6 Å². The summed E-state index contributed by atoms with van der Waals surface area (Å²) in [6, 6.07) is 5.72.